The molecule has 0 aliphatic heterocycles. The highest BCUT2D eigenvalue weighted by Crippen LogP contribution is 2.16. The third-order valence-corrected chi connectivity index (χ3v) is 4.22. The standard InChI is InChI=1S/C9H16N2O3S/c1-8(2,6-10)11-7(12)9(3,4)15(5,13)14/h1-5H3,(H,11,12). The zero-order valence-corrected chi connectivity index (χ0v) is 10.4. The molecule has 0 unspecified atom stereocenters. The fraction of sp³-hybridized carbons (Fsp3) is 0.778. The van der Waals surface area contributed by atoms with Crippen molar-refractivity contribution in [3.63, 3.8) is 0 Å². The molecule has 0 aromatic carbocycles. The van der Waals surface area contributed by atoms with E-state index >= 15 is 0 Å². The predicted octanol–water partition coefficient (Wildman–Crippen LogP) is 0.228. The highest BCUT2D eigenvalue weighted by Gasteiger charge is 2.40. The van der Waals surface area contributed by atoms with Gasteiger partial charge in [0.05, 0.1) is 6.07 Å². The Morgan fingerprint density at radius 1 is 1.27 bits per heavy atom. The number of carbonyl (C=O) groups is 1. The van der Waals surface area contributed by atoms with Crippen molar-refractivity contribution in [3.8, 4) is 6.07 Å². The molecule has 0 bridgehead atoms. The number of carbonyl (C=O) groups excluding carboxylic acids is 1. The maximum atomic E-state index is 11.6. The van der Waals surface area contributed by atoms with Crippen molar-refractivity contribution in [1.82, 2.24) is 5.32 Å². The van der Waals surface area contributed by atoms with E-state index in [4.69, 9.17) is 5.26 Å². The van der Waals surface area contributed by atoms with Gasteiger partial charge in [-0.25, -0.2) is 8.42 Å². The first-order valence-corrected chi connectivity index (χ1v) is 6.26. The summed E-state index contributed by atoms with van der Waals surface area (Å²) in [5, 5.41) is 11.1. The van der Waals surface area contributed by atoms with Crippen LogP contribution in [0.4, 0.5) is 0 Å². The summed E-state index contributed by atoms with van der Waals surface area (Å²) < 4.78 is 21.1. The van der Waals surface area contributed by atoms with Crippen LogP contribution in [0.1, 0.15) is 27.7 Å². The number of hydrogen-bond acceptors (Lipinski definition) is 4. The summed E-state index contributed by atoms with van der Waals surface area (Å²) in [7, 11) is -3.50. The molecule has 0 saturated heterocycles. The quantitative estimate of drug-likeness (QED) is 0.754. The van der Waals surface area contributed by atoms with Crippen molar-refractivity contribution in [3.05, 3.63) is 0 Å². The van der Waals surface area contributed by atoms with Gasteiger partial charge < -0.3 is 5.32 Å². The van der Waals surface area contributed by atoms with E-state index in [1.807, 2.05) is 6.07 Å². The lowest BCUT2D eigenvalue weighted by Crippen LogP contribution is -2.54. The van der Waals surface area contributed by atoms with E-state index in [2.05, 4.69) is 5.32 Å². The summed E-state index contributed by atoms with van der Waals surface area (Å²) in [6.45, 7) is 5.63. The summed E-state index contributed by atoms with van der Waals surface area (Å²) in [6.07, 6.45) is 0.992. The Kier molecular flexibility index (Phi) is 3.54. The summed E-state index contributed by atoms with van der Waals surface area (Å²) in [4.78, 5) is 11.6. The summed E-state index contributed by atoms with van der Waals surface area (Å²) in [5.41, 5.74) is -1.07. The van der Waals surface area contributed by atoms with E-state index in [1.54, 1.807) is 0 Å². The van der Waals surface area contributed by atoms with Crippen LogP contribution in [-0.4, -0.2) is 30.9 Å². The third kappa shape index (κ3) is 3.20. The van der Waals surface area contributed by atoms with Crippen molar-refractivity contribution in [2.75, 3.05) is 6.26 Å². The number of nitriles is 1. The molecule has 5 nitrogen and oxygen atoms in total. The highest BCUT2D eigenvalue weighted by atomic mass is 32.2. The second-order valence-electron chi connectivity index (χ2n) is 4.47. The first-order valence-electron chi connectivity index (χ1n) is 4.37. The maximum absolute atomic E-state index is 11.6. The van der Waals surface area contributed by atoms with Crippen molar-refractivity contribution < 1.29 is 13.2 Å². The van der Waals surface area contributed by atoms with E-state index in [0.29, 0.717) is 0 Å². The van der Waals surface area contributed by atoms with Gasteiger partial charge in [0.25, 0.3) is 0 Å². The lowest BCUT2D eigenvalue weighted by Gasteiger charge is -2.26. The topological polar surface area (TPSA) is 87.0 Å². The molecule has 0 aromatic heterocycles. The second-order valence-corrected chi connectivity index (χ2v) is 7.04. The van der Waals surface area contributed by atoms with E-state index in [1.165, 1.54) is 27.7 Å². The Labute approximate surface area is 90.4 Å². The highest BCUT2D eigenvalue weighted by molar-refractivity contribution is 7.92. The smallest absolute Gasteiger partial charge is 0.242 e. The van der Waals surface area contributed by atoms with Gasteiger partial charge in [-0.15, -0.1) is 0 Å². The molecule has 0 fully saturated rings. The normalized spacial score (nSPS) is 13.1. The van der Waals surface area contributed by atoms with Gasteiger partial charge in [0.1, 0.15) is 10.3 Å². The Balaban J connectivity index is 5.01. The average Bonchev–Trinajstić information content (AvgIpc) is 2.01. The molecule has 6 heteroatoms. The van der Waals surface area contributed by atoms with Gasteiger partial charge in [-0.05, 0) is 27.7 Å². The van der Waals surface area contributed by atoms with Crippen molar-refractivity contribution in [2.24, 2.45) is 0 Å². The van der Waals surface area contributed by atoms with Crippen LogP contribution >= 0.6 is 0 Å². The lowest BCUT2D eigenvalue weighted by atomic mass is 10.1. The van der Waals surface area contributed by atoms with E-state index in [-0.39, 0.29) is 0 Å². The van der Waals surface area contributed by atoms with Crippen molar-refractivity contribution >= 4 is 15.7 Å². The second kappa shape index (κ2) is 3.81. The molecule has 0 atom stereocenters. The molecule has 0 rings (SSSR count). The maximum Gasteiger partial charge on any atom is 0.242 e. The molecule has 0 aliphatic rings. The van der Waals surface area contributed by atoms with Gasteiger partial charge in [0.2, 0.25) is 5.91 Å². The zero-order valence-electron chi connectivity index (χ0n) is 9.58. The fourth-order valence-electron chi connectivity index (χ4n) is 0.631. The molecular formula is C9H16N2O3S. The molecule has 1 N–H and O–H groups in total. The van der Waals surface area contributed by atoms with Crippen molar-refractivity contribution in [1.29, 1.82) is 5.26 Å². The van der Waals surface area contributed by atoms with Crippen LogP contribution in [0.15, 0.2) is 0 Å². The molecule has 86 valence electrons. The Morgan fingerprint density at radius 3 is 1.93 bits per heavy atom. The minimum Gasteiger partial charge on any atom is -0.337 e. The number of rotatable bonds is 3. The van der Waals surface area contributed by atoms with Crippen molar-refractivity contribution in [2.45, 2.75) is 38.0 Å². The number of nitrogens with one attached hydrogen (secondary N) is 1. The van der Waals surface area contributed by atoms with Gasteiger partial charge in [0, 0.05) is 6.26 Å². The Hall–Kier alpha value is -1.09. The van der Waals surface area contributed by atoms with Crippen LogP contribution in [-0.2, 0) is 14.6 Å². The number of sulfone groups is 1. The van der Waals surface area contributed by atoms with Gasteiger partial charge in [-0.2, -0.15) is 5.26 Å². The predicted molar refractivity (Wildman–Crippen MR) is 56.8 cm³/mol. The first-order chi connectivity index (χ1) is 6.44. The molecule has 0 saturated carbocycles. The van der Waals surface area contributed by atoms with E-state index < -0.39 is 26.0 Å². The lowest BCUT2D eigenvalue weighted by molar-refractivity contribution is -0.123. The van der Waals surface area contributed by atoms with Gasteiger partial charge in [-0.1, -0.05) is 0 Å². The SMILES string of the molecule is CC(C)(C#N)NC(=O)C(C)(C)S(C)(=O)=O. The van der Waals surface area contributed by atoms with Crippen LogP contribution in [0.3, 0.4) is 0 Å². The van der Waals surface area contributed by atoms with Crippen LogP contribution in [0, 0.1) is 11.3 Å². The minimum absolute atomic E-state index is 0.670. The number of amides is 1. The molecule has 15 heavy (non-hydrogen) atoms. The van der Waals surface area contributed by atoms with Gasteiger partial charge in [-0.3, -0.25) is 4.79 Å². The van der Waals surface area contributed by atoms with Crippen LogP contribution in [0.25, 0.3) is 0 Å². The van der Waals surface area contributed by atoms with Gasteiger partial charge in [0.15, 0.2) is 9.84 Å². The van der Waals surface area contributed by atoms with Crippen LogP contribution in [0.5, 0.6) is 0 Å². The summed E-state index contributed by atoms with van der Waals surface area (Å²) >= 11 is 0. The average molecular weight is 232 g/mol. The molecular weight excluding hydrogens is 216 g/mol. The van der Waals surface area contributed by atoms with E-state index in [9.17, 15) is 13.2 Å². The third-order valence-electron chi connectivity index (χ3n) is 2.18. The first kappa shape index (κ1) is 13.9. The zero-order chi connectivity index (χ0) is 12.5. The minimum atomic E-state index is -3.50. The summed E-state index contributed by atoms with van der Waals surface area (Å²) in [5.74, 6) is -0.670. The van der Waals surface area contributed by atoms with Crippen LogP contribution in [0.2, 0.25) is 0 Å². The fourth-order valence-corrected chi connectivity index (χ4v) is 1.02. The number of nitrogens with zero attached hydrogens (tertiary/aromatic N) is 1. The molecule has 0 radical (unpaired) electrons. The van der Waals surface area contributed by atoms with E-state index in [0.717, 1.165) is 6.26 Å². The Bertz CT molecular complexity index is 402. The summed E-state index contributed by atoms with van der Waals surface area (Å²) in [6, 6.07) is 1.87. The Morgan fingerprint density at radius 2 is 1.67 bits per heavy atom. The molecule has 0 aromatic rings. The monoisotopic (exact) mass is 232 g/mol. The van der Waals surface area contributed by atoms with Crippen LogP contribution < -0.4 is 5.32 Å². The molecule has 0 aliphatic carbocycles. The molecule has 0 heterocycles. The van der Waals surface area contributed by atoms with Gasteiger partial charge >= 0.3 is 0 Å². The largest absolute Gasteiger partial charge is 0.337 e. The molecule has 1 amide bonds. The molecule has 0 spiro atoms. The number of hydrogen-bond donors (Lipinski definition) is 1.